The topological polar surface area (TPSA) is 46.6 Å². The molecule has 0 bridgehead atoms. The van der Waals surface area contributed by atoms with Crippen molar-refractivity contribution in [2.45, 2.75) is 18.8 Å². The highest BCUT2D eigenvalue weighted by atomic mass is 16.6. The molecule has 2 aromatic rings. The Hall–Kier alpha value is -2.62. The number of carbonyl (C=O) groups excluding carboxylic acids is 2. The summed E-state index contributed by atoms with van der Waals surface area (Å²) in [5.41, 5.74) is 4.89. The molecule has 128 valence electrons. The van der Waals surface area contributed by atoms with Gasteiger partial charge in [0.1, 0.15) is 12.9 Å². The lowest BCUT2D eigenvalue weighted by Crippen LogP contribution is -2.39. The Morgan fingerprint density at radius 3 is 2.12 bits per heavy atom. The van der Waals surface area contributed by atoms with Crippen LogP contribution < -0.4 is 0 Å². The summed E-state index contributed by atoms with van der Waals surface area (Å²) in [7, 11) is 0. The number of piperidine rings is 1. The highest BCUT2D eigenvalue weighted by Crippen LogP contribution is 2.44. The van der Waals surface area contributed by atoms with Gasteiger partial charge >= 0.3 is 6.09 Å². The number of fused-ring (bicyclic) bond motifs is 3. The number of aldehydes is 1. The van der Waals surface area contributed by atoms with E-state index in [0.717, 1.165) is 19.1 Å². The molecular weight excluding hydrogens is 314 g/mol. The van der Waals surface area contributed by atoms with Crippen LogP contribution in [0.15, 0.2) is 48.5 Å². The van der Waals surface area contributed by atoms with Gasteiger partial charge in [0.25, 0.3) is 0 Å². The summed E-state index contributed by atoms with van der Waals surface area (Å²) >= 11 is 0. The fraction of sp³-hybridized carbons (Fsp3) is 0.333. The summed E-state index contributed by atoms with van der Waals surface area (Å²) in [5.74, 6) is 0.168. The maximum atomic E-state index is 12.4. The van der Waals surface area contributed by atoms with Gasteiger partial charge in [-0.3, -0.25) is 0 Å². The van der Waals surface area contributed by atoms with E-state index in [-0.39, 0.29) is 17.9 Å². The lowest BCUT2D eigenvalue weighted by molar-refractivity contribution is -0.112. The minimum absolute atomic E-state index is 0.0811. The number of hydrogen-bond acceptors (Lipinski definition) is 3. The summed E-state index contributed by atoms with van der Waals surface area (Å²) in [6.07, 6.45) is 2.18. The highest BCUT2D eigenvalue weighted by molar-refractivity contribution is 5.79. The number of carbonyl (C=O) groups is 2. The molecule has 0 atom stereocenters. The normalized spacial score (nSPS) is 17.0. The molecule has 0 aromatic heterocycles. The summed E-state index contributed by atoms with van der Waals surface area (Å²) in [6.45, 7) is 1.54. The molecule has 1 saturated heterocycles. The maximum absolute atomic E-state index is 12.4. The summed E-state index contributed by atoms with van der Waals surface area (Å²) in [5, 5.41) is 0. The van der Waals surface area contributed by atoms with Crippen LogP contribution in [0, 0.1) is 5.92 Å². The predicted octanol–water partition coefficient (Wildman–Crippen LogP) is 3.85. The minimum Gasteiger partial charge on any atom is -0.448 e. The zero-order chi connectivity index (χ0) is 17.2. The van der Waals surface area contributed by atoms with Crippen LogP contribution in [0.25, 0.3) is 11.1 Å². The second-order valence-corrected chi connectivity index (χ2v) is 6.76. The highest BCUT2D eigenvalue weighted by Gasteiger charge is 2.30. The quantitative estimate of drug-likeness (QED) is 0.801. The number of benzene rings is 2. The van der Waals surface area contributed by atoms with E-state index in [1.54, 1.807) is 4.90 Å². The predicted molar refractivity (Wildman–Crippen MR) is 95.4 cm³/mol. The van der Waals surface area contributed by atoms with Gasteiger partial charge < -0.3 is 14.4 Å². The van der Waals surface area contributed by atoms with Gasteiger partial charge in [-0.1, -0.05) is 48.5 Å². The zero-order valence-electron chi connectivity index (χ0n) is 14.1. The van der Waals surface area contributed by atoms with Crippen molar-refractivity contribution in [2.75, 3.05) is 19.7 Å². The number of amides is 1. The lowest BCUT2D eigenvalue weighted by Gasteiger charge is -2.29. The van der Waals surface area contributed by atoms with Crippen molar-refractivity contribution in [1.29, 1.82) is 0 Å². The standard InChI is InChI=1S/C21H21NO3/c23-13-15-9-11-22(12-10-15)21(24)25-14-20-18-7-3-1-5-16(18)17-6-2-4-8-19(17)20/h1-8,13,15,20H,9-12,14H2. The van der Waals surface area contributed by atoms with E-state index in [2.05, 4.69) is 24.3 Å². The van der Waals surface area contributed by atoms with E-state index in [1.165, 1.54) is 22.3 Å². The number of nitrogens with zero attached hydrogens (tertiary/aromatic N) is 1. The molecule has 2 aliphatic rings. The van der Waals surface area contributed by atoms with E-state index >= 15 is 0 Å². The molecule has 2 aromatic carbocycles. The summed E-state index contributed by atoms with van der Waals surface area (Å²) < 4.78 is 5.65. The Balaban J connectivity index is 1.46. The van der Waals surface area contributed by atoms with Crippen LogP contribution in [-0.2, 0) is 9.53 Å². The van der Waals surface area contributed by atoms with Gasteiger partial charge in [-0.15, -0.1) is 0 Å². The second kappa shape index (κ2) is 6.71. The molecule has 4 heteroatoms. The number of likely N-dealkylation sites (tertiary alicyclic amines) is 1. The third-order valence-corrected chi connectivity index (χ3v) is 5.33. The fourth-order valence-corrected chi connectivity index (χ4v) is 3.90. The van der Waals surface area contributed by atoms with Gasteiger partial charge in [0, 0.05) is 24.9 Å². The molecule has 1 heterocycles. The number of ether oxygens (including phenoxy) is 1. The first-order valence-corrected chi connectivity index (χ1v) is 8.83. The summed E-state index contributed by atoms with van der Waals surface area (Å²) in [6, 6.07) is 16.6. The first kappa shape index (κ1) is 15.9. The van der Waals surface area contributed by atoms with Crippen LogP contribution in [0.3, 0.4) is 0 Å². The molecule has 4 rings (SSSR count). The van der Waals surface area contributed by atoms with Crippen LogP contribution in [0.5, 0.6) is 0 Å². The minimum atomic E-state index is -0.272. The molecule has 25 heavy (non-hydrogen) atoms. The molecule has 0 radical (unpaired) electrons. The van der Waals surface area contributed by atoms with Crippen molar-refractivity contribution in [2.24, 2.45) is 5.92 Å². The van der Waals surface area contributed by atoms with Crippen molar-refractivity contribution < 1.29 is 14.3 Å². The SMILES string of the molecule is O=CC1CCN(C(=O)OCC2c3ccccc3-c3ccccc32)CC1. The first-order chi connectivity index (χ1) is 12.3. The fourth-order valence-electron chi connectivity index (χ4n) is 3.90. The smallest absolute Gasteiger partial charge is 0.409 e. The van der Waals surface area contributed by atoms with Crippen LogP contribution in [0.1, 0.15) is 29.9 Å². The average molecular weight is 335 g/mol. The van der Waals surface area contributed by atoms with Gasteiger partial charge in [-0.25, -0.2) is 4.79 Å². The van der Waals surface area contributed by atoms with E-state index in [4.69, 9.17) is 4.74 Å². The lowest BCUT2D eigenvalue weighted by atomic mass is 9.98. The molecule has 1 fully saturated rings. The molecule has 1 aliphatic heterocycles. The van der Waals surface area contributed by atoms with E-state index in [0.29, 0.717) is 19.7 Å². The Morgan fingerprint density at radius 1 is 1.00 bits per heavy atom. The molecular formula is C21H21NO3. The Bertz CT molecular complexity index is 748. The molecule has 1 amide bonds. The molecule has 1 aliphatic carbocycles. The van der Waals surface area contributed by atoms with Crippen LogP contribution in [0.2, 0.25) is 0 Å². The van der Waals surface area contributed by atoms with E-state index in [1.807, 2.05) is 24.3 Å². The molecule has 0 N–H and O–H groups in total. The van der Waals surface area contributed by atoms with Gasteiger partial charge in [-0.2, -0.15) is 0 Å². The zero-order valence-corrected chi connectivity index (χ0v) is 14.1. The van der Waals surface area contributed by atoms with Crippen LogP contribution in [0.4, 0.5) is 4.79 Å². The molecule has 4 nitrogen and oxygen atoms in total. The average Bonchev–Trinajstić information content (AvgIpc) is 3.00. The van der Waals surface area contributed by atoms with Crippen LogP contribution >= 0.6 is 0 Å². The molecule has 0 saturated carbocycles. The van der Waals surface area contributed by atoms with Crippen molar-refractivity contribution >= 4 is 12.4 Å². The first-order valence-electron chi connectivity index (χ1n) is 8.83. The van der Waals surface area contributed by atoms with Crippen molar-refractivity contribution in [1.82, 2.24) is 4.90 Å². The van der Waals surface area contributed by atoms with Gasteiger partial charge in [0.15, 0.2) is 0 Å². The van der Waals surface area contributed by atoms with Crippen LogP contribution in [-0.4, -0.2) is 37.0 Å². The van der Waals surface area contributed by atoms with Crippen molar-refractivity contribution in [3.05, 3.63) is 59.7 Å². The Kier molecular flexibility index (Phi) is 4.26. The third kappa shape index (κ3) is 2.93. The van der Waals surface area contributed by atoms with Gasteiger partial charge in [0.2, 0.25) is 0 Å². The largest absolute Gasteiger partial charge is 0.448 e. The van der Waals surface area contributed by atoms with Crippen molar-refractivity contribution in [3.63, 3.8) is 0 Å². The Labute approximate surface area is 147 Å². The number of hydrogen-bond donors (Lipinski definition) is 0. The van der Waals surface area contributed by atoms with Crippen molar-refractivity contribution in [3.8, 4) is 11.1 Å². The number of rotatable bonds is 3. The van der Waals surface area contributed by atoms with E-state index in [9.17, 15) is 9.59 Å². The summed E-state index contributed by atoms with van der Waals surface area (Å²) in [4.78, 5) is 24.9. The maximum Gasteiger partial charge on any atom is 0.409 e. The molecule has 0 spiro atoms. The molecule has 0 unspecified atom stereocenters. The monoisotopic (exact) mass is 335 g/mol. The Morgan fingerprint density at radius 2 is 1.56 bits per heavy atom. The van der Waals surface area contributed by atoms with E-state index < -0.39 is 0 Å². The second-order valence-electron chi connectivity index (χ2n) is 6.76. The van der Waals surface area contributed by atoms with Gasteiger partial charge in [-0.05, 0) is 35.1 Å². The third-order valence-electron chi connectivity index (χ3n) is 5.33. The van der Waals surface area contributed by atoms with Gasteiger partial charge in [0.05, 0.1) is 0 Å².